The van der Waals surface area contributed by atoms with E-state index in [1.165, 1.54) is 0 Å². The average molecular weight is 467 g/mol. The molecule has 172 valence electrons. The highest BCUT2D eigenvalue weighted by molar-refractivity contribution is 7.86. The number of hydrogen-bond acceptors (Lipinski definition) is 9. The normalized spacial score (nSPS) is 12.9. The molecule has 0 fully saturated rings. The maximum absolute atomic E-state index is 11.9. The molecule has 0 aliphatic rings. The number of amides is 1. The van der Waals surface area contributed by atoms with Crippen LogP contribution in [0.4, 0.5) is 10.5 Å². The molecule has 1 aromatic rings. The van der Waals surface area contributed by atoms with Crippen molar-refractivity contribution in [1.29, 1.82) is 0 Å². The molecule has 0 saturated carbocycles. The second-order valence-electron chi connectivity index (χ2n) is 6.76. The van der Waals surface area contributed by atoms with Crippen LogP contribution in [0.5, 0.6) is 5.75 Å². The van der Waals surface area contributed by atoms with Gasteiger partial charge in [-0.1, -0.05) is 13.3 Å². The van der Waals surface area contributed by atoms with E-state index in [4.69, 9.17) is 13.1 Å². The van der Waals surface area contributed by atoms with Crippen LogP contribution in [0.1, 0.15) is 26.7 Å². The van der Waals surface area contributed by atoms with Gasteiger partial charge in [-0.3, -0.25) is 8.37 Å². The zero-order valence-corrected chi connectivity index (χ0v) is 19.3. The second kappa shape index (κ2) is 12.1. The average Bonchev–Trinajstić information content (AvgIpc) is 2.59. The Kier molecular flexibility index (Phi) is 10.5. The van der Waals surface area contributed by atoms with E-state index in [9.17, 15) is 21.6 Å². The Morgan fingerprint density at radius 2 is 1.50 bits per heavy atom. The summed E-state index contributed by atoms with van der Waals surface area (Å²) in [5, 5.41) is 2.73. The molecule has 1 amide bonds. The predicted molar refractivity (Wildman–Crippen MR) is 114 cm³/mol. The highest BCUT2D eigenvalue weighted by Gasteiger charge is 2.13. The maximum atomic E-state index is 11.9. The summed E-state index contributed by atoms with van der Waals surface area (Å²) in [7, 11) is -7.20. The fraction of sp³-hybridized carbons (Fsp3) is 0.611. The second-order valence-corrected chi connectivity index (χ2v) is 10.0. The van der Waals surface area contributed by atoms with E-state index in [1.807, 2.05) is 13.8 Å². The first-order chi connectivity index (χ1) is 13.9. The number of carbonyl (C=O) groups excluding carboxylic acids is 1. The van der Waals surface area contributed by atoms with Crippen LogP contribution in [-0.2, 0) is 28.6 Å². The molecule has 30 heavy (non-hydrogen) atoms. The first-order valence-corrected chi connectivity index (χ1v) is 13.0. The molecule has 0 radical (unpaired) electrons. The number of rotatable bonds is 13. The molecular weight excluding hydrogens is 436 g/mol. The number of nitrogens with one attached hydrogen (secondary N) is 1. The van der Waals surface area contributed by atoms with Crippen LogP contribution in [-0.4, -0.2) is 67.8 Å². The lowest BCUT2D eigenvalue weighted by Gasteiger charge is -2.24. The standard InChI is InChI=1S/C18H30N2O8S2/c1-5-6-15(2)19-18(21)28-17-9-7-16(8-10-17)20(11-13-26-29(3,22)23)12-14-27-30(4,24)25/h7-10,15H,5-6,11-14H2,1-4H3,(H,19,21). The van der Waals surface area contributed by atoms with Crippen LogP contribution >= 0.6 is 0 Å². The molecule has 0 spiro atoms. The first kappa shape index (κ1) is 26.1. The first-order valence-electron chi connectivity index (χ1n) is 9.42. The molecule has 1 atom stereocenters. The van der Waals surface area contributed by atoms with E-state index in [-0.39, 0.29) is 32.3 Å². The van der Waals surface area contributed by atoms with Gasteiger partial charge in [0.15, 0.2) is 0 Å². The Bertz CT molecular complexity index is 832. The van der Waals surface area contributed by atoms with Crippen molar-refractivity contribution in [2.75, 3.05) is 43.7 Å². The van der Waals surface area contributed by atoms with Crippen molar-refractivity contribution in [2.24, 2.45) is 0 Å². The van der Waals surface area contributed by atoms with Crippen LogP contribution in [0.15, 0.2) is 24.3 Å². The summed E-state index contributed by atoms with van der Waals surface area (Å²) in [5.41, 5.74) is 0.649. The van der Waals surface area contributed by atoms with Crippen LogP contribution in [0.3, 0.4) is 0 Å². The molecule has 0 aliphatic heterocycles. The van der Waals surface area contributed by atoms with Gasteiger partial charge in [-0.15, -0.1) is 0 Å². The number of anilines is 1. The van der Waals surface area contributed by atoms with Crippen LogP contribution in [0.2, 0.25) is 0 Å². The highest BCUT2D eigenvalue weighted by Crippen LogP contribution is 2.20. The van der Waals surface area contributed by atoms with Gasteiger partial charge in [0.1, 0.15) is 5.75 Å². The molecule has 10 nitrogen and oxygen atoms in total. The quantitative estimate of drug-likeness (QED) is 0.432. The lowest BCUT2D eigenvalue weighted by atomic mass is 10.2. The van der Waals surface area contributed by atoms with Crippen molar-refractivity contribution in [1.82, 2.24) is 5.32 Å². The number of carbonyl (C=O) groups is 1. The van der Waals surface area contributed by atoms with E-state index >= 15 is 0 Å². The molecule has 1 rings (SSSR count). The van der Waals surface area contributed by atoms with E-state index in [0.29, 0.717) is 11.4 Å². The van der Waals surface area contributed by atoms with Gasteiger partial charge >= 0.3 is 6.09 Å². The molecule has 1 N–H and O–H groups in total. The Labute approximate surface area is 178 Å². The molecule has 0 bridgehead atoms. The summed E-state index contributed by atoms with van der Waals surface area (Å²) in [4.78, 5) is 13.6. The Hall–Kier alpha value is -1.89. The minimum absolute atomic E-state index is 0.00181. The topological polar surface area (TPSA) is 128 Å². The largest absolute Gasteiger partial charge is 0.412 e. The van der Waals surface area contributed by atoms with Crippen molar-refractivity contribution in [3.05, 3.63) is 24.3 Å². The van der Waals surface area contributed by atoms with Gasteiger partial charge in [-0.05, 0) is 37.6 Å². The summed E-state index contributed by atoms with van der Waals surface area (Å²) in [6, 6.07) is 6.50. The summed E-state index contributed by atoms with van der Waals surface area (Å²) in [5.74, 6) is 0.333. The monoisotopic (exact) mass is 466 g/mol. The van der Waals surface area contributed by atoms with E-state index in [2.05, 4.69) is 5.32 Å². The predicted octanol–water partition coefficient (Wildman–Crippen LogP) is 1.72. The van der Waals surface area contributed by atoms with Crippen LogP contribution in [0.25, 0.3) is 0 Å². The third kappa shape index (κ3) is 12.0. The smallest absolute Gasteiger partial charge is 0.410 e. The fourth-order valence-electron chi connectivity index (χ4n) is 2.54. The lowest BCUT2D eigenvalue weighted by molar-refractivity contribution is 0.196. The number of nitrogens with zero attached hydrogens (tertiary/aromatic N) is 1. The van der Waals surface area contributed by atoms with Gasteiger partial charge in [-0.25, -0.2) is 4.79 Å². The van der Waals surface area contributed by atoms with E-state index < -0.39 is 26.3 Å². The zero-order valence-electron chi connectivity index (χ0n) is 17.7. The number of ether oxygens (including phenoxy) is 1. The Balaban J connectivity index is 2.76. The lowest BCUT2D eigenvalue weighted by Crippen LogP contribution is -2.34. The molecule has 0 heterocycles. The maximum Gasteiger partial charge on any atom is 0.412 e. The van der Waals surface area contributed by atoms with Crippen molar-refractivity contribution in [2.45, 2.75) is 32.7 Å². The molecular formula is C18H30N2O8S2. The third-order valence-electron chi connectivity index (χ3n) is 3.82. The van der Waals surface area contributed by atoms with E-state index in [1.54, 1.807) is 29.2 Å². The van der Waals surface area contributed by atoms with Gasteiger partial charge in [0.05, 0.1) is 25.7 Å². The van der Waals surface area contributed by atoms with Gasteiger partial charge in [0.25, 0.3) is 20.2 Å². The van der Waals surface area contributed by atoms with Gasteiger partial charge < -0.3 is 15.0 Å². The fourth-order valence-corrected chi connectivity index (χ4v) is 3.29. The SMILES string of the molecule is CCCC(C)NC(=O)Oc1ccc(N(CCOS(C)(=O)=O)CCOS(C)(=O)=O)cc1. The van der Waals surface area contributed by atoms with Gasteiger partial charge in [-0.2, -0.15) is 16.8 Å². The van der Waals surface area contributed by atoms with E-state index in [0.717, 1.165) is 25.4 Å². The van der Waals surface area contributed by atoms with Crippen LogP contribution in [0, 0.1) is 0 Å². The Morgan fingerprint density at radius 1 is 1.00 bits per heavy atom. The Morgan fingerprint density at radius 3 is 1.93 bits per heavy atom. The summed E-state index contributed by atoms with van der Waals surface area (Å²) < 4.78 is 59.4. The summed E-state index contributed by atoms with van der Waals surface area (Å²) in [6.45, 7) is 4.03. The van der Waals surface area contributed by atoms with Gasteiger partial charge in [0.2, 0.25) is 0 Å². The molecule has 1 aromatic carbocycles. The minimum Gasteiger partial charge on any atom is -0.410 e. The van der Waals surface area contributed by atoms with Crippen molar-refractivity contribution in [3.63, 3.8) is 0 Å². The molecule has 0 aliphatic carbocycles. The number of benzene rings is 1. The summed E-state index contributed by atoms with van der Waals surface area (Å²) in [6.07, 6.45) is 3.13. The van der Waals surface area contributed by atoms with Gasteiger partial charge in [0, 0.05) is 24.8 Å². The highest BCUT2D eigenvalue weighted by atomic mass is 32.2. The summed E-state index contributed by atoms with van der Waals surface area (Å²) >= 11 is 0. The minimum atomic E-state index is -3.60. The van der Waals surface area contributed by atoms with Crippen molar-refractivity contribution in [3.8, 4) is 5.75 Å². The molecule has 0 saturated heterocycles. The number of hydrogen-bond donors (Lipinski definition) is 1. The van der Waals surface area contributed by atoms with Crippen molar-refractivity contribution < 1.29 is 34.7 Å². The zero-order chi connectivity index (χ0) is 22.8. The third-order valence-corrected chi connectivity index (χ3v) is 5.01. The van der Waals surface area contributed by atoms with Crippen molar-refractivity contribution >= 4 is 32.0 Å². The molecule has 1 unspecified atom stereocenters. The molecule has 12 heteroatoms. The van der Waals surface area contributed by atoms with Crippen LogP contribution < -0.4 is 15.0 Å². The molecule has 0 aromatic heterocycles.